The maximum atomic E-state index is 13.1. The summed E-state index contributed by atoms with van der Waals surface area (Å²) in [6, 6.07) is 11.9. The summed E-state index contributed by atoms with van der Waals surface area (Å²) in [5.41, 5.74) is 2.65. The highest BCUT2D eigenvalue weighted by Crippen LogP contribution is 2.30. The molecule has 2 aliphatic heterocycles. The SMILES string of the molecule is Cc1ccc(N2C[C@@H](C(=O)N3CCN(c4ccc(F)cc4)CC3)CC2=O)cc1Cl. The van der Waals surface area contributed by atoms with Gasteiger partial charge in [0.2, 0.25) is 11.8 Å². The van der Waals surface area contributed by atoms with Crippen molar-refractivity contribution in [1.82, 2.24) is 4.90 Å². The Bertz CT molecular complexity index is 926. The highest BCUT2D eigenvalue weighted by Gasteiger charge is 2.38. The number of amides is 2. The van der Waals surface area contributed by atoms with Crippen molar-refractivity contribution in [3.8, 4) is 0 Å². The standard InChI is InChI=1S/C22H23ClFN3O2/c1-15-2-5-19(13-20(15)23)27-14-16(12-21(27)28)22(29)26-10-8-25(9-11-26)18-6-3-17(24)4-7-18/h2-7,13,16H,8-12,14H2,1H3/t16-/m0/s1. The number of anilines is 2. The Morgan fingerprint density at radius 1 is 1.03 bits per heavy atom. The van der Waals surface area contributed by atoms with Crippen LogP contribution in [0.3, 0.4) is 0 Å². The number of nitrogens with zero attached hydrogens (tertiary/aromatic N) is 3. The normalized spacial score (nSPS) is 19.8. The minimum atomic E-state index is -0.333. The van der Waals surface area contributed by atoms with E-state index in [0.29, 0.717) is 37.7 Å². The molecule has 2 saturated heterocycles. The lowest BCUT2D eigenvalue weighted by Gasteiger charge is -2.37. The van der Waals surface area contributed by atoms with Crippen LogP contribution < -0.4 is 9.80 Å². The van der Waals surface area contributed by atoms with Gasteiger partial charge in [0.15, 0.2) is 0 Å². The van der Waals surface area contributed by atoms with Crippen LogP contribution in [0.1, 0.15) is 12.0 Å². The average Bonchev–Trinajstić information content (AvgIpc) is 3.12. The van der Waals surface area contributed by atoms with Gasteiger partial charge in [0.1, 0.15) is 5.82 Å². The van der Waals surface area contributed by atoms with Gasteiger partial charge < -0.3 is 14.7 Å². The van der Waals surface area contributed by atoms with Crippen molar-refractivity contribution in [2.45, 2.75) is 13.3 Å². The molecule has 2 aromatic carbocycles. The van der Waals surface area contributed by atoms with Gasteiger partial charge in [-0.1, -0.05) is 17.7 Å². The van der Waals surface area contributed by atoms with Crippen LogP contribution in [0.4, 0.5) is 15.8 Å². The second-order valence-corrected chi connectivity index (χ2v) is 8.03. The highest BCUT2D eigenvalue weighted by molar-refractivity contribution is 6.31. The zero-order valence-electron chi connectivity index (χ0n) is 16.3. The van der Waals surface area contributed by atoms with Gasteiger partial charge in [-0.25, -0.2) is 4.39 Å². The molecule has 0 aliphatic carbocycles. The molecule has 4 rings (SSSR count). The molecule has 152 valence electrons. The minimum Gasteiger partial charge on any atom is -0.368 e. The van der Waals surface area contributed by atoms with E-state index in [1.165, 1.54) is 12.1 Å². The Kier molecular flexibility index (Phi) is 5.46. The summed E-state index contributed by atoms with van der Waals surface area (Å²) in [6.07, 6.45) is 0.225. The minimum absolute atomic E-state index is 0.0258. The molecule has 0 bridgehead atoms. The van der Waals surface area contributed by atoms with Gasteiger partial charge in [-0.15, -0.1) is 0 Å². The molecule has 1 atom stereocenters. The molecule has 7 heteroatoms. The van der Waals surface area contributed by atoms with Crippen LogP contribution in [0.15, 0.2) is 42.5 Å². The van der Waals surface area contributed by atoms with Crippen LogP contribution >= 0.6 is 11.6 Å². The van der Waals surface area contributed by atoms with E-state index >= 15 is 0 Å². The number of hydrogen-bond donors (Lipinski definition) is 0. The summed E-state index contributed by atoms with van der Waals surface area (Å²) in [4.78, 5) is 31.1. The molecule has 2 fully saturated rings. The Labute approximate surface area is 174 Å². The number of rotatable bonds is 3. The third-order valence-corrected chi connectivity index (χ3v) is 6.13. The molecule has 2 amide bonds. The van der Waals surface area contributed by atoms with E-state index in [-0.39, 0.29) is 30.0 Å². The summed E-state index contributed by atoms with van der Waals surface area (Å²) in [5, 5.41) is 0.613. The van der Waals surface area contributed by atoms with Crippen molar-refractivity contribution < 1.29 is 14.0 Å². The lowest BCUT2D eigenvalue weighted by atomic mass is 10.1. The fourth-order valence-electron chi connectivity index (χ4n) is 3.97. The zero-order chi connectivity index (χ0) is 20.5. The largest absolute Gasteiger partial charge is 0.368 e. The summed E-state index contributed by atoms with van der Waals surface area (Å²) in [7, 11) is 0. The fourth-order valence-corrected chi connectivity index (χ4v) is 4.14. The molecule has 0 aromatic heterocycles. The molecule has 0 unspecified atom stereocenters. The van der Waals surface area contributed by atoms with Crippen molar-refractivity contribution in [1.29, 1.82) is 0 Å². The number of benzene rings is 2. The molecular formula is C22H23ClFN3O2. The van der Waals surface area contributed by atoms with E-state index in [1.54, 1.807) is 23.1 Å². The molecule has 2 heterocycles. The Balaban J connectivity index is 1.37. The van der Waals surface area contributed by atoms with Crippen molar-refractivity contribution in [3.05, 3.63) is 58.9 Å². The van der Waals surface area contributed by atoms with Gasteiger partial charge >= 0.3 is 0 Å². The molecule has 2 aliphatic rings. The molecule has 5 nitrogen and oxygen atoms in total. The number of aryl methyl sites for hydroxylation is 1. The number of hydrogen-bond acceptors (Lipinski definition) is 3. The lowest BCUT2D eigenvalue weighted by Crippen LogP contribution is -2.50. The maximum absolute atomic E-state index is 13.1. The Hall–Kier alpha value is -2.60. The summed E-state index contributed by atoms with van der Waals surface area (Å²) >= 11 is 6.19. The van der Waals surface area contributed by atoms with Gasteiger partial charge in [-0.2, -0.15) is 0 Å². The van der Waals surface area contributed by atoms with Crippen LogP contribution in [0.5, 0.6) is 0 Å². The second kappa shape index (κ2) is 8.03. The number of halogens is 2. The van der Waals surface area contributed by atoms with Gasteiger partial charge in [0.05, 0.1) is 5.92 Å². The molecule has 0 spiro atoms. The Morgan fingerprint density at radius 2 is 1.69 bits per heavy atom. The summed E-state index contributed by atoms with van der Waals surface area (Å²) in [6.45, 7) is 4.87. The van der Waals surface area contributed by atoms with E-state index in [4.69, 9.17) is 11.6 Å². The maximum Gasteiger partial charge on any atom is 0.228 e. The average molecular weight is 416 g/mol. The third kappa shape index (κ3) is 4.08. The van der Waals surface area contributed by atoms with Crippen molar-refractivity contribution >= 4 is 34.8 Å². The van der Waals surface area contributed by atoms with E-state index in [2.05, 4.69) is 4.90 Å². The molecule has 2 aromatic rings. The van der Waals surface area contributed by atoms with Crippen LogP contribution in [-0.2, 0) is 9.59 Å². The molecule has 29 heavy (non-hydrogen) atoms. The van der Waals surface area contributed by atoms with Crippen LogP contribution in [0.2, 0.25) is 5.02 Å². The number of carbonyl (C=O) groups excluding carboxylic acids is 2. The first-order valence-electron chi connectivity index (χ1n) is 9.78. The monoisotopic (exact) mass is 415 g/mol. The van der Waals surface area contributed by atoms with E-state index in [9.17, 15) is 14.0 Å². The quantitative estimate of drug-likeness (QED) is 0.770. The topological polar surface area (TPSA) is 43.9 Å². The van der Waals surface area contributed by atoms with Gasteiger partial charge in [0, 0.05) is 55.5 Å². The lowest BCUT2D eigenvalue weighted by molar-refractivity contribution is -0.136. The number of piperazine rings is 1. The van der Waals surface area contributed by atoms with Gasteiger partial charge in [0.25, 0.3) is 0 Å². The van der Waals surface area contributed by atoms with Gasteiger partial charge in [-0.05, 0) is 48.9 Å². The Morgan fingerprint density at radius 3 is 2.34 bits per heavy atom. The first-order valence-corrected chi connectivity index (χ1v) is 10.2. The second-order valence-electron chi connectivity index (χ2n) is 7.63. The predicted octanol–water partition coefficient (Wildman–Crippen LogP) is 3.49. The summed E-state index contributed by atoms with van der Waals surface area (Å²) in [5.74, 6) is -0.612. The zero-order valence-corrected chi connectivity index (χ0v) is 17.0. The van der Waals surface area contributed by atoms with E-state index in [0.717, 1.165) is 16.9 Å². The molecule has 0 radical (unpaired) electrons. The van der Waals surface area contributed by atoms with Crippen molar-refractivity contribution in [3.63, 3.8) is 0 Å². The van der Waals surface area contributed by atoms with Crippen LogP contribution in [0.25, 0.3) is 0 Å². The van der Waals surface area contributed by atoms with Crippen molar-refractivity contribution in [2.24, 2.45) is 5.92 Å². The molecular weight excluding hydrogens is 393 g/mol. The summed E-state index contributed by atoms with van der Waals surface area (Å²) < 4.78 is 13.1. The van der Waals surface area contributed by atoms with Crippen molar-refractivity contribution in [2.75, 3.05) is 42.5 Å². The first kappa shape index (κ1) is 19.7. The predicted molar refractivity (Wildman–Crippen MR) is 112 cm³/mol. The molecule has 0 N–H and O–H groups in total. The molecule has 0 saturated carbocycles. The van der Waals surface area contributed by atoms with E-state index < -0.39 is 0 Å². The van der Waals surface area contributed by atoms with E-state index in [1.807, 2.05) is 24.0 Å². The van der Waals surface area contributed by atoms with Crippen LogP contribution in [0, 0.1) is 18.7 Å². The first-order chi connectivity index (χ1) is 13.9. The smallest absolute Gasteiger partial charge is 0.228 e. The van der Waals surface area contributed by atoms with Gasteiger partial charge in [-0.3, -0.25) is 9.59 Å². The number of carbonyl (C=O) groups is 2. The fraction of sp³-hybridized carbons (Fsp3) is 0.364. The highest BCUT2D eigenvalue weighted by atomic mass is 35.5. The van der Waals surface area contributed by atoms with Crippen LogP contribution in [-0.4, -0.2) is 49.4 Å². The third-order valence-electron chi connectivity index (χ3n) is 5.72.